The van der Waals surface area contributed by atoms with Gasteiger partial charge in [0, 0.05) is 11.1 Å². The minimum atomic E-state index is -0.440. The van der Waals surface area contributed by atoms with Crippen LogP contribution in [0.4, 0.5) is 0 Å². The second-order valence-electron chi connectivity index (χ2n) is 4.99. The number of amides is 1. The maximum atomic E-state index is 11.6. The van der Waals surface area contributed by atoms with Gasteiger partial charge in [0.2, 0.25) is 5.91 Å². The smallest absolute Gasteiger partial charge is 0.249 e. The van der Waals surface area contributed by atoms with Crippen LogP contribution in [0.2, 0.25) is 0 Å². The Labute approximate surface area is 132 Å². The SMILES string of the molecule is CCOc1ccc2nc(-c3cc(C)ccc3C(N)=O)sc2c1. The maximum absolute atomic E-state index is 11.6. The topological polar surface area (TPSA) is 65.2 Å². The molecule has 0 saturated heterocycles. The first-order valence-corrected chi connectivity index (χ1v) is 7.84. The highest BCUT2D eigenvalue weighted by molar-refractivity contribution is 7.21. The summed E-state index contributed by atoms with van der Waals surface area (Å²) in [6.07, 6.45) is 0. The largest absolute Gasteiger partial charge is 0.494 e. The number of benzene rings is 2. The Morgan fingerprint density at radius 1 is 1.27 bits per heavy atom. The summed E-state index contributed by atoms with van der Waals surface area (Å²) in [6, 6.07) is 11.4. The molecule has 0 unspecified atom stereocenters. The van der Waals surface area contributed by atoms with Crippen LogP contribution in [0.15, 0.2) is 36.4 Å². The summed E-state index contributed by atoms with van der Waals surface area (Å²) in [5.74, 6) is 0.383. The molecular weight excluding hydrogens is 296 g/mol. The van der Waals surface area contributed by atoms with E-state index in [-0.39, 0.29) is 0 Å². The first-order chi connectivity index (χ1) is 10.6. The van der Waals surface area contributed by atoms with Gasteiger partial charge >= 0.3 is 0 Å². The van der Waals surface area contributed by atoms with Gasteiger partial charge in [0.25, 0.3) is 0 Å². The molecule has 0 bridgehead atoms. The summed E-state index contributed by atoms with van der Waals surface area (Å²) >= 11 is 1.53. The predicted octanol–water partition coefficient (Wildman–Crippen LogP) is 3.77. The van der Waals surface area contributed by atoms with Gasteiger partial charge in [-0.1, -0.05) is 11.6 Å². The number of primary amides is 1. The zero-order valence-electron chi connectivity index (χ0n) is 12.4. The lowest BCUT2D eigenvalue weighted by Gasteiger charge is -2.04. The Bertz CT molecular complexity index is 855. The second kappa shape index (κ2) is 5.77. The van der Waals surface area contributed by atoms with E-state index in [0.717, 1.165) is 32.1 Å². The highest BCUT2D eigenvalue weighted by Gasteiger charge is 2.14. The molecule has 2 aromatic carbocycles. The number of hydrogen-bond acceptors (Lipinski definition) is 4. The van der Waals surface area contributed by atoms with Gasteiger partial charge in [0.1, 0.15) is 10.8 Å². The second-order valence-corrected chi connectivity index (χ2v) is 6.03. The number of carbonyl (C=O) groups is 1. The number of hydrogen-bond donors (Lipinski definition) is 1. The average Bonchev–Trinajstić information content (AvgIpc) is 2.90. The van der Waals surface area contributed by atoms with Gasteiger partial charge < -0.3 is 10.5 Å². The molecule has 22 heavy (non-hydrogen) atoms. The van der Waals surface area contributed by atoms with Gasteiger partial charge in [0.15, 0.2) is 0 Å². The van der Waals surface area contributed by atoms with Crippen LogP contribution >= 0.6 is 11.3 Å². The molecule has 0 aliphatic carbocycles. The number of aromatic nitrogens is 1. The molecule has 0 fully saturated rings. The van der Waals surface area contributed by atoms with E-state index in [4.69, 9.17) is 10.5 Å². The van der Waals surface area contributed by atoms with Crippen LogP contribution in [-0.2, 0) is 0 Å². The summed E-state index contributed by atoms with van der Waals surface area (Å²) in [7, 11) is 0. The quantitative estimate of drug-likeness (QED) is 0.797. The van der Waals surface area contributed by atoms with Gasteiger partial charge in [-0.05, 0) is 44.2 Å². The van der Waals surface area contributed by atoms with Gasteiger partial charge in [-0.2, -0.15) is 0 Å². The average molecular weight is 312 g/mol. The number of fused-ring (bicyclic) bond motifs is 1. The predicted molar refractivity (Wildman–Crippen MR) is 89.5 cm³/mol. The van der Waals surface area contributed by atoms with Crippen LogP contribution in [-0.4, -0.2) is 17.5 Å². The number of thiazole rings is 1. The molecule has 1 amide bonds. The molecular formula is C17H16N2O2S. The first-order valence-electron chi connectivity index (χ1n) is 7.02. The Morgan fingerprint density at radius 3 is 2.82 bits per heavy atom. The van der Waals surface area contributed by atoms with Gasteiger partial charge in [-0.25, -0.2) is 4.98 Å². The van der Waals surface area contributed by atoms with Crippen molar-refractivity contribution in [3.63, 3.8) is 0 Å². The van der Waals surface area contributed by atoms with Crippen LogP contribution in [0.3, 0.4) is 0 Å². The van der Waals surface area contributed by atoms with Crippen LogP contribution in [0.1, 0.15) is 22.8 Å². The number of rotatable bonds is 4. The first kappa shape index (κ1) is 14.5. The summed E-state index contributed by atoms with van der Waals surface area (Å²) in [5.41, 5.74) is 8.71. The molecule has 0 saturated carbocycles. The molecule has 112 valence electrons. The van der Waals surface area contributed by atoms with E-state index in [9.17, 15) is 4.79 Å². The molecule has 4 nitrogen and oxygen atoms in total. The molecule has 0 aliphatic rings. The van der Waals surface area contributed by atoms with Crippen molar-refractivity contribution < 1.29 is 9.53 Å². The highest BCUT2D eigenvalue weighted by atomic mass is 32.1. The van der Waals surface area contributed by atoms with Gasteiger partial charge in [-0.3, -0.25) is 4.79 Å². The highest BCUT2D eigenvalue weighted by Crippen LogP contribution is 2.34. The van der Waals surface area contributed by atoms with E-state index in [0.29, 0.717) is 12.2 Å². The zero-order valence-corrected chi connectivity index (χ0v) is 13.2. The molecule has 5 heteroatoms. The molecule has 3 rings (SSSR count). The van der Waals surface area contributed by atoms with Crippen molar-refractivity contribution in [2.45, 2.75) is 13.8 Å². The number of aryl methyl sites for hydroxylation is 1. The van der Waals surface area contributed by atoms with Crippen LogP contribution in [0.25, 0.3) is 20.8 Å². The molecule has 2 N–H and O–H groups in total. The number of carbonyl (C=O) groups excluding carboxylic acids is 1. The van der Waals surface area contributed by atoms with Crippen molar-refractivity contribution in [1.82, 2.24) is 4.98 Å². The van der Waals surface area contributed by atoms with Crippen molar-refractivity contribution in [2.24, 2.45) is 5.73 Å². The fraction of sp³-hybridized carbons (Fsp3) is 0.176. The van der Waals surface area contributed by atoms with Gasteiger partial charge in [-0.15, -0.1) is 11.3 Å². The van der Waals surface area contributed by atoms with E-state index < -0.39 is 5.91 Å². The molecule has 1 aromatic heterocycles. The Hall–Kier alpha value is -2.40. The molecule has 0 aliphatic heterocycles. The number of ether oxygens (including phenoxy) is 1. The zero-order chi connectivity index (χ0) is 15.7. The third-order valence-electron chi connectivity index (χ3n) is 3.34. The van der Waals surface area contributed by atoms with Crippen LogP contribution < -0.4 is 10.5 Å². The van der Waals surface area contributed by atoms with Crippen molar-refractivity contribution in [3.05, 3.63) is 47.5 Å². The summed E-state index contributed by atoms with van der Waals surface area (Å²) in [6.45, 7) is 4.56. The van der Waals surface area contributed by atoms with E-state index in [1.54, 1.807) is 6.07 Å². The molecule has 3 aromatic rings. The Balaban J connectivity index is 2.14. The lowest BCUT2D eigenvalue weighted by atomic mass is 10.0. The third-order valence-corrected chi connectivity index (χ3v) is 4.39. The van der Waals surface area contributed by atoms with Crippen molar-refractivity contribution in [2.75, 3.05) is 6.61 Å². The maximum Gasteiger partial charge on any atom is 0.249 e. The monoisotopic (exact) mass is 312 g/mol. The minimum absolute atomic E-state index is 0.440. The summed E-state index contributed by atoms with van der Waals surface area (Å²) in [5, 5.41) is 0.793. The number of nitrogens with zero attached hydrogens (tertiary/aromatic N) is 1. The number of nitrogens with two attached hydrogens (primary N) is 1. The van der Waals surface area contributed by atoms with Crippen LogP contribution in [0, 0.1) is 6.92 Å². The Kier molecular flexibility index (Phi) is 3.81. The lowest BCUT2D eigenvalue weighted by Crippen LogP contribution is -2.12. The minimum Gasteiger partial charge on any atom is -0.494 e. The molecule has 0 atom stereocenters. The molecule has 0 radical (unpaired) electrons. The normalized spacial score (nSPS) is 10.8. The summed E-state index contributed by atoms with van der Waals surface area (Å²) in [4.78, 5) is 16.3. The van der Waals surface area contributed by atoms with Crippen LogP contribution in [0.5, 0.6) is 5.75 Å². The van der Waals surface area contributed by atoms with Crippen molar-refractivity contribution in [1.29, 1.82) is 0 Å². The van der Waals surface area contributed by atoms with E-state index in [1.807, 2.05) is 44.2 Å². The molecule has 1 heterocycles. The standard InChI is InChI=1S/C17H16N2O2S/c1-3-21-11-5-7-14-15(9-11)22-17(19-14)13-8-10(2)4-6-12(13)16(18)20/h4-9H,3H2,1-2H3,(H2,18,20). The lowest BCUT2D eigenvalue weighted by molar-refractivity contribution is 0.100. The molecule has 0 spiro atoms. The fourth-order valence-corrected chi connectivity index (χ4v) is 3.35. The fourth-order valence-electron chi connectivity index (χ4n) is 2.33. The van der Waals surface area contributed by atoms with Gasteiger partial charge in [0.05, 0.1) is 16.8 Å². The van der Waals surface area contributed by atoms with E-state index >= 15 is 0 Å². The van der Waals surface area contributed by atoms with E-state index in [2.05, 4.69) is 4.98 Å². The third kappa shape index (κ3) is 2.67. The summed E-state index contributed by atoms with van der Waals surface area (Å²) < 4.78 is 6.54. The van der Waals surface area contributed by atoms with Crippen molar-refractivity contribution in [3.8, 4) is 16.3 Å². The Morgan fingerprint density at radius 2 is 2.09 bits per heavy atom. The van der Waals surface area contributed by atoms with E-state index in [1.165, 1.54) is 11.3 Å². The van der Waals surface area contributed by atoms with Crippen molar-refractivity contribution >= 4 is 27.5 Å².